The van der Waals surface area contributed by atoms with Gasteiger partial charge in [0, 0.05) is 12.5 Å². The smallest absolute Gasteiger partial charge is 0.119 e. The molecule has 1 rings (SSSR count). The van der Waals surface area contributed by atoms with Gasteiger partial charge in [0.05, 0.1) is 6.61 Å². The van der Waals surface area contributed by atoms with Crippen LogP contribution in [0.25, 0.3) is 0 Å². The van der Waals surface area contributed by atoms with E-state index in [4.69, 9.17) is 4.74 Å². The molecular formula is C12H18NO. The summed E-state index contributed by atoms with van der Waals surface area (Å²) in [7, 11) is 4.15. The maximum absolute atomic E-state index is 5.61. The van der Waals surface area contributed by atoms with Gasteiger partial charge >= 0.3 is 0 Å². The van der Waals surface area contributed by atoms with Crippen LogP contribution in [0.3, 0.4) is 0 Å². The highest BCUT2D eigenvalue weighted by atomic mass is 16.5. The summed E-state index contributed by atoms with van der Waals surface area (Å²) in [5.74, 6) is 1.45. The molecule has 0 amide bonds. The minimum absolute atomic E-state index is 0.546. The molecular weight excluding hydrogens is 174 g/mol. The Morgan fingerprint density at radius 3 is 2.86 bits per heavy atom. The van der Waals surface area contributed by atoms with Crippen LogP contribution in [0.1, 0.15) is 6.92 Å². The summed E-state index contributed by atoms with van der Waals surface area (Å²) in [5, 5.41) is 0. The Bertz CT molecular complexity index is 246. The van der Waals surface area contributed by atoms with Gasteiger partial charge in [-0.2, -0.15) is 0 Å². The summed E-state index contributed by atoms with van der Waals surface area (Å²) in [6, 6.07) is 10.6. The van der Waals surface area contributed by atoms with Gasteiger partial charge < -0.3 is 9.64 Å². The average molecular weight is 192 g/mol. The first kappa shape index (κ1) is 11.1. The first-order valence-electron chi connectivity index (χ1n) is 4.92. The minimum Gasteiger partial charge on any atom is -0.493 e. The van der Waals surface area contributed by atoms with Crippen molar-refractivity contribution >= 4 is 0 Å². The van der Waals surface area contributed by atoms with E-state index in [2.05, 4.69) is 32.0 Å². The molecule has 0 fully saturated rings. The molecule has 0 saturated carbocycles. The minimum atomic E-state index is 0.546. The standard InChI is InChI=1S/C12H18NO/c1-11(9-13(2)3)10-14-12-7-5-4-6-8-12/h4-5,7-8,11H,9-10H2,1-3H3. The van der Waals surface area contributed by atoms with Crippen molar-refractivity contribution in [2.75, 3.05) is 27.2 Å². The number of rotatable bonds is 5. The lowest BCUT2D eigenvalue weighted by molar-refractivity contribution is 0.222. The highest BCUT2D eigenvalue weighted by molar-refractivity contribution is 5.19. The second-order valence-electron chi connectivity index (χ2n) is 3.92. The van der Waals surface area contributed by atoms with Crippen molar-refractivity contribution in [1.82, 2.24) is 4.90 Å². The molecule has 1 aromatic rings. The normalized spacial score (nSPS) is 12.9. The Labute approximate surface area is 86.5 Å². The molecule has 0 aromatic heterocycles. The van der Waals surface area contributed by atoms with Crippen molar-refractivity contribution in [3.8, 4) is 5.75 Å². The topological polar surface area (TPSA) is 12.5 Å². The van der Waals surface area contributed by atoms with Gasteiger partial charge in [0.2, 0.25) is 0 Å². The summed E-state index contributed by atoms with van der Waals surface area (Å²) in [4.78, 5) is 2.17. The van der Waals surface area contributed by atoms with E-state index in [1.807, 2.05) is 24.3 Å². The lowest BCUT2D eigenvalue weighted by Gasteiger charge is -2.17. The van der Waals surface area contributed by atoms with Crippen molar-refractivity contribution in [3.63, 3.8) is 0 Å². The molecule has 0 N–H and O–H groups in total. The fourth-order valence-corrected chi connectivity index (χ4v) is 1.38. The van der Waals surface area contributed by atoms with Crippen LogP contribution in [-0.4, -0.2) is 32.1 Å². The van der Waals surface area contributed by atoms with Gasteiger partial charge in [-0.25, -0.2) is 0 Å². The molecule has 0 aliphatic rings. The maximum Gasteiger partial charge on any atom is 0.119 e. The molecule has 0 spiro atoms. The SMILES string of the molecule is CC(COc1c[c]ccc1)CN(C)C. The molecule has 1 atom stereocenters. The van der Waals surface area contributed by atoms with Crippen molar-refractivity contribution < 1.29 is 4.74 Å². The highest BCUT2D eigenvalue weighted by Crippen LogP contribution is 2.09. The molecule has 1 unspecified atom stereocenters. The van der Waals surface area contributed by atoms with Gasteiger partial charge in [0.1, 0.15) is 5.75 Å². The zero-order valence-electron chi connectivity index (χ0n) is 9.16. The predicted molar refractivity (Wildman–Crippen MR) is 58.5 cm³/mol. The average Bonchev–Trinajstić information content (AvgIpc) is 2.15. The number of hydrogen-bond acceptors (Lipinski definition) is 2. The lowest BCUT2D eigenvalue weighted by atomic mass is 10.2. The Hall–Kier alpha value is -1.02. The third kappa shape index (κ3) is 4.28. The Morgan fingerprint density at radius 2 is 2.29 bits per heavy atom. The van der Waals surface area contributed by atoms with Crippen molar-refractivity contribution in [1.29, 1.82) is 0 Å². The van der Waals surface area contributed by atoms with E-state index in [-0.39, 0.29) is 0 Å². The summed E-state index contributed by atoms with van der Waals surface area (Å²) in [6.07, 6.45) is 0. The van der Waals surface area contributed by atoms with Crippen LogP contribution in [0.2, 0.25) is 0 Å². The van der Waals surface area contributed by atoms with Crippen LogP contribution < -0.4 is 4.74 Å². The number of benzene rings is 1. The van der Waals surface area contributed by atoms with Crippen LogP contribution in [0.15, 0.2) is 24.3 Å². The second kappa shape index (κ2) is 5.66. The highest BCUT2D eigenvalue weighted by Gasteiger charge is 2.03. The van der Waals surface area contributed by atoms with E-state index < -0.39 is 0 Å². The Balaban J connectivity index is 2.27. The van der Waals surface area contributed by atoms with Crippen LogP contribution in [-0.2, 0) is 0 Å². The monoisotopic (exact) mass is 192 g/mol. The fourth-order valence-electron chi connectivity index (χ4n) is 1.38. The predicted octanol–water partition coefficient (Wildman–Crippen LogP) is 2.06. The Morgan fingerprint density at radius 1 is 1.50 bits per heavy atom. The van der Waals surface area contributed by atoms with E-state index in [1.165, 1.54) is 0 Å². The molecule has 1 radical (unpaired) electrons. The zero-order chi connectivity index (χ0) is 10.4. The number of nitrogens with zero attached hydrogens (tertiary/aromatic N) is 1. The van der Waals surface area contributed by atoms with Crippen LogP contribution in [0.4, 0.5) is 0 Å². The van der Waals surface area contributed by atoms with Gasteiger partial charge in [-0.3, -0.25) is 0 Å². The summed E-state index contributed by atoms with van der Waals surface area (Å²) >= 11 is 0. The Kier molecular flexibility index (Phi) is 4.47. The first-order chi connectivity index (χ1) is 6.68. The van der Waals surface area contributed by atoms with Gasteiger partial charge in [-0.1, -0.05) is 19.1 Å². The lowest BCUT2D eigenvalue weighted by Crippen LogP contribution is -2.23. The zero-order valence-corrected chi connectivity index (χ0v) is 9.16. The molecule has 0 saturated heterocycles. The van der Waals surface area contributed by atoms with Crippen LogP contribution in [0.5, 0.6) is 5.75 Å². The van der Waals surface area contributed by atoms with E-state index in [0.717, 1.165) is 18.9 Å². The van der Waals surface area contributed by atoms with Crippen LogP contribution >= 0.6 is 0 Å². The molecule has 0 heterocycles. The van der Waals surface area contributed by atoms with Gasteiger partial charge in [-0.05, 0) is 32.3 Å². The quantitative estimate of drug-likeness (QED) is 0.708. The van der Waals surface area contributed by atoms with Crippen molar-refractivity contribution in [2.24, 2.45) is 5.92 Å². The molecule has 77 valence electrons. The summed E-state index contributed by atoms with van der Waals surface area (Å²) < 4.78 is 5.61. The van der Waals surface area contributed by atoms with E-state index in [0.29, 0.717) is 5.92 Å². The first-order valence-corrected chi connectivity index (χ1v) is 4.92. The van der Waals surface area contributed by atoms with E-state index in [9.17, 15) is 0 Å². The van der Waals surface area contributed by atoms with Gasteiger partial charge in [0.15, 0.2) is 0 Å². The summed E-state index contributed by atoms with van der Waals surface area (Å²) in [5.41, 5.74) is 0. The van der Waals surface area contributed by atoms with Crippen molar-refractivity contribution in [2.45, 2.75) is 6.92 Å². The molecule has 14 heavy (non-hydrogen) atoms. The van der Waals surface area contributed by atoms with E-state index in [1.54, 1.807) is 0 Å². The van der Waals surface area contributed by atoms with Crippen LogP contribution in [0, 0.1) is 12.0 Å². The number of ether oxygens (including phenoxy) is 1. The third-order valence-electron chi connectivity index (χ3n) is 1.89. The van der Waals surface area contributed by atoms with Crippen molar-refractivity contribution in [3.05, 3.63) is 30.3 Å². The van der Waals surface area contributed by atoms with E-state index >= 15 is 0 Å². The summed E-state index contributed by atoms with van der Waals surface area (Å²) in [6.45, 7) is 4.00. The van der Waals surface area contributed by atoms with Gasteiger partial charge in [-0.15, -0.1) is 0 Å². The molecule has 0 bridgehead atoms. The largest absolute Gasteiger partial charge is 0.493 e. The molecule has 0 aliphatic carbocycles. The molecule has 2 heteroatoms. The van der Waals surface area contributed by atoms with Gasteiger partial charge in [0.25, 0.3) is 0 Å². The molecule has 0 aliphatic heterocycles. The molecule has 2 nitrogen and oxygen atoms in total. The third-order valence-corrected chi connectivity index (χ3v) is 1.89. The molecule has 1 aromatic carbocycles. The number of hydrogen-bond donors (Lipinski definition) is 0. The second-order valence-corrected chi connectivity index (χ2v) is 3.92. The fraction of sp³-hybridized carbons (Fsp3) is 0.500. The maximum atomic E-state index is 5.61.